The van der Waals surface area contributed by atoms with Gasteiger partial charge in [-0.2, -0.15) is 0 Å². The second-order valence-corrected chi connectivity index (χ2v) is 10.6. The summed E-state index contributed by atoms with van der Waals surface area (Å²) in [5, 5.41) is 5.65. The van der Waals surface area contributed by atoms with Crippen molar-refractivity contribution >= 4 is 23.5 Å². The van der Waals surface area contributed by atoms with Crippen molar-refractivity contribution in [1.29, 1.82) is 0 Å². The van der Waals surface area contributed by atoms with E-state index in [2.05, 4.69) is 27.8 Å². The highest BCUT2D eigenvalue weighted by Gasteiger charge is 2.17. The highest BCUT2D eigenvalue weighted by Crippen LogP contribution is 2.29. The maximum atomic E-state index is 13.2. The van der Waals surface area contributed by atoms with Crippen LogP contribution in [0.25, 0.3) is 11.1 Å². The largest absolute Gasteiger partial charge is 0.493 e. The number of hydrogen-bond donors (Lipinski definition) is 2. The Morgan fingerprint density at radius 1 is 0.825 bits per heavy atom. The Kier molecular flexibility index (Phi) is 8.84. The minimum Gasteiger partial charge on any atom is -0.493 e. The number of hydrogen-bond acceptors (Lipinski definition) is 5. The van der Waals surface area contributed by atoms with E-state index >= 15 is 0 Å². The smallest absolute Gasteiger partial charge is 0.413 e. The number of carbonyl (C=O) groups excluding carboxylic acids is 2. The van der Waals surface area contributed by atoms with Crippen molar-refractivity contribution in [2.75, 3.05) is 17.2 Å². The van der Waals surface area contributed by atoms with Crippen LogP contribution < -0.4 is 15.4 Å². The molecule has 40 heavy (non-hydrogen) atoms. The maximum Gasteiger partial charge on any atom is 0.413 e. The second-order valence-electron chi connectivity index (χ2n) is 10.6. The number of nitrogens with one attached hydrogen (secondary N) is 2. The lowest BCUT2D eigenvalue weighted by molar-refractivity contribution is 0.0635. The third kappa shape index (κ3) is 7.93. The fourth-order valence-corrected chi connectivity index (χ4v) is 4.16. The number of carbonyl (C=O) groups is 2. The van der Waals surface area contributed by atoms with Crippen molar-refractivity contribution in [3.8, 4) is 16.9 Å². The first-order valence-corrected chi connectivity index (χ1v) is 13.2. The van der Waals surface area contributed by atoms with Gasteiger partial charge in [0.05, 0.1) is 6.61 Å². The summed E-state index contributed by atoms with van der Waals surface area (Å²) < 4.78 is 11.2. The quantitative estimate of drug-likeness (QED) is 0.242. The van der Waals surface area contributed by atoms with Crippen molar-refractivity contribution in [3.05, 3.63) is 107 Å². The molecule has 1 aromatic heterocycles. The molecule has 0 spiro atoms. The molecule has 0 saturated carbocycles. The van der Waals surface area contributed by atoms with E-state index in [1.807, 2.05) is 80.6 Å². The van der Waals surface area contributed by atoms with Crippen LogP contribution in [0.2, 0.25) is 0 Å². The van der Waals surface area contributed by atoms with Gasteiger partial charge in [-0.1, -0.05) is 48.0 Å². The number of nitrogens with zero attached hydrogens (tertiary/aromatic N) is 1. The summed E-state index contributed by atoms with van der Waals surface area (Å²) in [4.78, 5) is 29.7. The SMILES string of the molecule is Cc1ccc(-c2c(C)cccc2C(=O)Nc2ccc(OCCc3cccc(NC(=O)OC(C)(C)C)n3)cc2)cc1. The molecule has 3 aromatic carbocycles. The minimum atomic E-state index is -0.584. The maximum absolute atomic E-state index is 13.2. The lowest BCUT2D eigenvalue weighted by atomic mass is 9.94. The minimum absolute atomic E-state index is 0.168. The molecule has 4 rings (SSSR count). The van der Waals surface area contributed by atoms with Gasteiger partial charge in [0.1, 0.15) is 17.2 Å². The van der Waals surface area contributed by atoms with E-state index in [-0.39, 0.29) is 5.91 Å². The predicted molar refractivity (Wildman–Crippen MR) is 159 cm³/mol. The van der Waals surface area contributed by atoms with Gasteiger partial charge in [0.15, 0.2) is 0 Å². The first-order chi connectivity index (χ1) is 19.1. The molecule has 0 aliphatic heterocycles. The van der Waals surface area contributed by atoms with Gasteiger partial charge in [-0.25, -0.2) is 9.78 Å². The van der Waals surface area contributed by atoms with E-state index in [0.29, 0.717) is 35.8 Å². The molecule has 0 fully saturated rings. The van der Waals surface area contributed by atoms with E-state index in [1.165, 1.54) is 5.56 Å². The highest BCUT2D eigenvalue weighted by molar-refractivity contribution is 6.09. The molecule has 206 valence electrons. The number of benzene rings is 3. The summed E-state index contributed by atoms with van der Waals surface area (Å²) in [6.45, 7) is 9.88. The molecule has 7 heteroatoms. The second kappa shape index (κ2) is 12.5. The molecule has 4 aromatic rings. The summed E-state index contributed by atoms with van der Waals surface area (Å²) >= 11 is 0. The van der Waals surface area contributed by atoms with Gasteiger partial charge in [0, 0.05) is 23.4 Å². The third-order valence-corrected chi connectivity index (χ3v) is 6.03. The zero-order chi connectivity index (χ0) is 28.7. The molecule has 0 unspecified atom stereocenters. The van der Waals surface area contributed by atoms with Crippen LogP contribution in [0.15, 0.2) is 84.9 Å². The normalized spacial score (nSPS) is 11.0. The topological polar surface area (TPSA) is 89.6 Å². The molecule has 0 atom stereocenters. The van der Waals surface area contributed by atoms with E-state index < -0.39 is 11.7 Å². The van der Waals surface area contributed by atoms with Gasteiger partial charge in [0.25, 0.3) is 5.91 Å². The number of ether oxygens (including phenoxy) is 2. The molecule has 0 aliphatic carbocycles. The van der Waals surface area contributed by atoms with Crippen LogP contribution in [0.3, 0.4) is 0 Å². The van der Waals surface area contributed by atoms with Gasteiger partial charge < -0.3 is 14.8 Å². The van der Waals surface area contributed by atoms with Crippen molar-refractivity contribution in [3.63, 3.8) is 0 Å². The molecule has 0 aliphatic rings. The summed E-state index contributed by atoms with van der Waals surface area (Å²) in [7, 11) is 0. The van der Waals surface area contributed by atoms with E-state index in [9.17, 15) is 9.59 Å². The summed E-state index contributed by atoms with van der Waals surface area (Å²) in [5.41, 5.74) is 5.65. The van der Waals surface area contributed by atoms with Crippen molar-refractivity contribution < 1.29 is 19.1 Å². The Labute approximate surface area is 235 Å². The Hall–Kier alpha value is -4.65. The van der Waals surface area contributed by atoms with E-state index in [1.54, 1.807) is 26.8 Å². The third-order valence-electron chi connectivity index (χ3n) is 6.03. The summed E-state index contributed by atoms with van der Waals surface area (Å²) in [6, 6.07) is 26.6. The lowest BCUT2D eigenvalue weighted by Gasteiger charge is -2.19. The van der Waals surface area contributed by atoms with Crippen molar-refractivity contribution in [1.82, 2.24) is 4.98 Å². The first kappa shape index (κ1) is 28.4. The standard InChI is InChI=1S/C33H35N3O4/c1-22-12-14-24(15-13-22)30-23(2)8-6-10-28(30)31(37)35-26-16-18-27(19-17-26)39-21-20-25-9-7-11-29(34-25)36-32(38)40-33(3,4)5/h6-19H,20-21H2,1-5H3,(H,35,37)(H,34,36,38). The van der Waals surface area contributed by atoms with Gasteiger partial charge in [-0.05, 0) is 93.8 Å². The predicted octanol–water partition coefficient (Wildman–Crippen LogP) is 7.59. The van der Waals surface area contributed by atoms with Gasteiger partial charge in [-0.15, -0.1) is 0 Å². The van der Waals surface area contributed by atoms with Crippen LogP contribution in [0.1, 0.15) is 48.0 Å². The highest BCUT2D eigenvalue weighted by atomic mass is 16.6. The molecule has 2 N–H and O–H groups in total. The summed E-state index contributed by atoms with van der Waals surface area (Å²) in [6.07, 6.45) is 0.00615. The van der Waals surface area contributed by atoms with Gasteiger partial charge in [-0.3, -0.25) is 10.1 Å². The van der Waals surface area contributed by atoms with Crippen LogP contribution in [0.5, 0.6) is 5.75 Å². The molecule has 0 saturated heterocycles. The Bertz CT molecular complexity index is 1470. The lowest BCUT2D eigenvalue weighted by Crippen LogP contribution is -2.27. The van der Waals surface area contributed by atoms with E-state index in [4.69, 9.17) is 9.47 Å². The molecular formula is C33H35N3O4. The van der Waals surface area contributed by atoms with Crippen LogP contribution >= 0.6 is 0 Å². The zero-order valence-corrected chi connectivity index (χ0v) is 23.6. The molecule has 0 radical (unpaired) electrons. The van der Waals surface area contributed by atoms with Crippen LogP contribution in [0, 0.1) is 13.8 Å². The van der Waals surface area contributed by atoms with Crippen LogP contribution in [0.4, 0.5) is 16.3 Å². The molecule has 1 heterocycles. The van der Waals surface area contributed by atoms with Crippen molar-refractivity contribution in [2.45, 2.75) is 46.6 Å². The molecule has 7 nitrogen and oxygen atoms in total. The number of rotatable bonds is 8. The number of pyridine rings is 1. The average Bonchev–Trinajstić information content (AvgIpc) is 2.89. The molecule has 2 amide bonds. The zero-order valence-electron chi connectivity index (χ0n) is 23.6. The Morgan fingerprint density at radius 2 is 1.52 bits per heavy atom. The van der Waals surface area contributed by atoms with Crippen LogP contribution in [-0.4, -0.2) is 29.2 Å². The van der Waals surface area contributed by atoms with Crippen LogP contribution in [-0.2, 0) is 11.2 Å². The first-order valence-electron chi connectivity index (χ1n) is 13.2. The molecular weight excluding hydrogens is 502 g/mol. The fourth-order valence-electron chi connectivity index (χ4n) is 4.16. The van der Waals surface area contributed by atoms with Gasteiger partial charge >= 0.3 is 6.09 Å². The molecule has 0 bridgehead atoms. The van der Waals surface area contributed by atoms with Crippen molar-refractivity contribution in [2.24, 2.45) is 0 Å². The number of amides is 2. The summed E-state index contributed by atoms with van der Waals surface area (Å²) in [5.74, 6) is 0.932. The average molecular weight is 538 g/mol. The fraction of sp³-hybridized carbons (Fsp3) is 0.242. The van der Waals surface area contributed by atoms with Gasteiger partial charge in [0.2, 0.25) is 0 Å². The number of aromatic nitrogens is 1. The number of aryl methyl sites for hydroxylation is 2. The monoisotopic (exact) mass is 537 g/mol. The van der Waals surface area contributed by atoms with E-state index in [0.717, 1.165) is 22.4 Å². The Morgan fingerprint density at radius 3 is 2.23 bits per heavy atom. The number of anilines is 2. The Balaban J connectivity index is 1.33.